The van der Waals surface area contributed by atoms with Crippen LogP contribution < -0.4 is 0 Å². The van der Waals surface area contributed by atoms with E-state index < -0.39 is 6.10 Å². The minimum absolute atomic E-state index is 0.199. The quantitative estimate of drug-likeness (QED) is 0.771. The highest BCUT2D eigenvalue weighted by molar-refractivity contribution is 5.94. The molecule has 0 bridgehead atoms. The molecule has 1 saturated heterocycles. The third-order valence-corrected chi connectivity index (χ3v) is 3.95. The molecule has 0 aliphatic carbocycles. The lowest BCUT2D eigenvalue weighted by molar-refractivity contribution is 0.0502. The highest BCUT2D eigenvalue weighted by Crippen LogP contribution is 2.07. The number of carbonyl (C=O) groups excluding carboxylic acids is 1. The lowest BCUT2D eigenvalue weighted by atomic mass is 10.2. The second-order valence-corrected chi connectivity index (χ2v) is 5.86. The van der Waals surface area contributed by atoms with E-state index in [-0.39, 0.29) is 12.5 Å². The van der Waals surface area contributed by atoms with E-state index in [4.69, 9.17) is 5.26 Å². The van der Waals surface area contributed by atoms with Crippen LogP contribution in [0.5, 0.6) is 0 Å². The number of aromatic nitrogens is 1. The van der Waals surface area contributed by atoms with E-state index in [1.807, 2.05) is 6.07 Å². The highest BCUT2D eigenvalue weighted by Gasteiger charge is 2.20. The van der Waals surface area contributed by atoms with Gasteiger partial charge in [-0.15, -0.1) is 0 Å². The van der Waals surface area contributed by atoms with Crippen LogP contribution in [-0.2, 0) is 0 Å². The molecule has 1 amide bonds. The second kappa shape index (κ2) is 7.40. The summed E-state index contributed by atoms with van der Waals surface area (Å²) in [5, 5.41) is 18.9. The first-order valence-electron chi connectivity index (χ1n) is 7.42. The Balaban J connectivity index is 1.81. The van der Waals surface area contributed by atoms with E-state index in [0.717, 1.165) is 26.2 Å². The summed E-state index contributed by atoms with van der Waals surface area (Å²) < 4.78 is 0. The molecule has 1 aliphatic rings. The molecule has 120 valence electrons. The molecule has 0 spiro atoms. The number of hydrogen-bond acceptors (Lipinski definition) is 5. The van der Waals surface area contributed by atoms with Crippen molar-refractivity contribution in [2.75, 3.05) is 53.4 Å². The number of aliphatic hydroxyl groups excluding tert-OH is 1. The summed E-state index contributed by atoms with van der Waals surface area (Å²) in [6.45, 7) is 4.73. The summed E-state index contributed by atoms with van der Waals surface area (Å²) >= 11 is 0. The number of rotatable bonds is 5. The Bertz CT molecular complexity index is 542. The Hall–Kier alpha value is -1.88. The fourth-order valence-corrected chi connectivity index (χ4v) is 2.59. The van der Waals surface area contributed by atoms with Gasteiger partial charge < -0.3 is 19.9 Å². The van der Waals surface area contributed by atoms with Gasteiger partial charge in [-0.25, -0.2) is 0 Å². The normalized spacial score (nSPS) is 17.9. The Labute approximate surface area is 130 Å². The van der Waals surface area contributed by atoms with Crippen molar-refractivity contribution in [3.8, 4) is 6.07 Å². The zero-order chi connectivity index (χ0) is 16.1. The molecule has 2 N–H and O–H groups in total. The third kappa shape index (κ3) is 4.31. The fourth-order valence-electron chi connectivity index (χ4n) is 2.59. The van der Waals surface area contributed by atoms with Crippen molar-refractivity contribution in [2.45, 2.75) is 6.10 Å². The molecule has 7 heteroatoms. The van der Waals surface area contributed by atoms with Gasteiger partial charge >= 0.3 is 0 Å². The lowest BCUT2D eigenvalue weighted by Gasteiger charge is -2.34. The topological polar surface area (TPSA) is 86.6 Å². The molecular weight excluding hydrogens is 282 g/mol. The zero-order valence-electron chi connectivity index (χ0n) is 13.1. The number of aliphatic hydroxyl groups is 1. The molecule has 1 atom stereocenters. The molecule has 1 aromatic heterocycles. The van der Waals surface area contributed by atoms with Gasteiger partial charge in [-0.2, -0.15) is 5.26 Å². The molecule has 1 aromatic rings. The van der Waals surface area contributed by atoms with Crippen molar-refractivity contribution in [1.29, 1.82) is 5.26 Å². The Morgan fingerprint density at radius 1 is 1.50 bits per heavy atom. The summed E-state index contributed by atoms with van der Waals surface area (Å²) in [4.78, 5) is 20.9. The molecule has 1 unspecified atom stereocenters. The number of piperazine rings is 1. The van der Waals surface area contributed by atoms with Crippen molar-refractivity contribution < 1.29 is 9.90 Å². The third-order valence-electron chi connectivity index (χ3n) is 3.95. The highest BCUT2D eigenvalue weighted by atomic mass is 16.3. The van der Waals surface area contributed by atoms with Crippen LogP contribution in [-0.4, -0.2) is 90.2 Å². The first-order chi connectivity index (χ1) is 10.5. The summed E-state index contributed by atoms with van der Waals surface area (Å²) in [6.07, 6.45) is 0.941. The number of H-pyrrole nitrogens is 1. The minimum Gasteiger partial charge on any atom is -0.390 e. The number of nitriles is 1. The standard InChI is InChI=1S/C15H23N5O2/c1-18-3-5-20(6-4-18)11-14(21)10-19(2)15(22)12-7-13(8-16)17-9-12/h7,9,14,17,21H,3-6,10-11H2,1-2H3. The van der Waals surface area contributed by atoms with Gasteiger partial charge in [-0.05, 0) is 13.1 Å². The van der Waals surface area contributed by atoms with Crippen LogP contribution in [0.2, 0.25) is 0 Å². The largest absolute Gasteiger partial charge is 0.390 e. The number of amides is 1. The van der Waals surface area contributed by atoms with Gasteiger partial charge in [0.2, 0.25) is 0 Å². The average Bonchev–Trinajstić information content (AvgIpc) is 2.97. The first kappa shape index (κ1) is 16.5. The maximum absolute atomic E-state index is 12.2. The van der Waals surface area contributed by atoms with E-state index in [1.54, 1.807) is 7.05 Å². The van der Waals surface area contributed by atoms with Crippen molar-refractivity contribution >= 4 is 5.91 Å². The molecule has 7 nitrogen and oxygen atoms in total. The number of likely N-dealkylation sites (N-methyl/N-ethyl adjacent to an activating group) is 2. The lowest BCUT2D eigenvalue weighted by Crippen LogP contribution is -2.48. The molecule has 22 heavy (non-hydrogen) atoms. The van der Waals surface area contributed by atoms with Crippen LogP contribution in [0.25, 0.3) is 0 Å². The number of nitrogens with one attached hydrogen (secondary N) is 1. The fraction of sp³-hybridized carbons (Fsp3) is 0.600. The van der Waals surface area contributed by atoms with E-state index in [9.17, 15) is 9.90 Å². The number of β-amino-alcohol motifs (C(OH)–C–C–N with tert-alkyl or cyclic N) is 1. The van der Waals surface area contributed by atoms with Crippen molar-refractivity contribution in [3.63, 3.8) is 0 Å². The van der Waals surface area contributed by atoms with Gasteiger partial charge in [-0.1, -0.05) is 0 Å². The van der Waals surface area contributed by atoms with E-state index >= 15 is 0 Å². The summed E-state index contributed by atoms with van der Waals surface area (Å²) in [5.41, 5.74) is 0.792. The molecule has 0 aromatic carbocycles. The zero-order valence-corrected chi connectivity index (χ0v) is 13.1. The molecular formula is C15H23N5O2. The summed E-state index contributed by atoms with van der Waals surface area (Å²) in [7, 11) is 3.75. The molecule has 1 aliphatic heterocycles. The maximum Gasteiger partial charge on any atom is 0.255 e. The van der Waals surface area contributed by atoms with Gasteiger partial charge in [-0.3, -0.25) is 9.69 Å². The first-order valence-corrected chi connectivity index (χ1v) is 7.42. The average molecular weight is 305 g/mol. The van der Waals surface area contributed by atoms with Gasteiger partial charge in [0.15, 0.2) is 0 Å². The van der Waals surface area contributed by atoms with Crippen LogP contribution in [0.1, 0.15) is 16.1 Å². The Kier molecular flexibility index (Phi) is 5.55. The molecule has 0 saturated carbocycles. The van der Waals surface area contributed by atoms with Gasteiger partial charge in [0.1, 0.15) is 11.8 Å². The predicted molar refractivity (Wildman–Crippen MR) is 82.4 cm³/mol. The van der Waals surface area contributed by atoms with Crippen molar-refractivity contribution in [2.24, 2.45) is 0 Å². The second-order valence-electron chi connectivity index (χ2n) is 5.86. The predicted octanol–water partition coefficient (Wildman–Crippen LogP) is -0.433. The van der Waals surface area contributed by atoms with Crippen LogP contribution in [0.4, 0.5) is 0 Å². The van der Waals surface area contributed by atoms with Crippen LogP contribution in [0.3, 0.4) is 0 Å². The van der Waals surface area contributed by atoms with Gasteiger partial charge in [0.25, 0.3) is 5.91 Å². The van der Waals surface area contributed by atoms with Gasteiger partial charge in [0, 0.05) is 52.5 Å². The number of nitrogens with zero attached hydrogens (tertiary/aromatic N) is 4. The number of hydrogen-bond donors (Lipinski definition) is 2. The molecule has 2 heterocycles. The molecule has 1 fully saturated rings. The SMILES string of the molecule is CN1CCN(CC(O)CN(C)C(=O)c2c[nH]c(C#N)c2)CC1. The van der Waals surface area contributed by atoms with Crippen molar-refractivity contribution in [1.82, 2.24) is 19.7 Å². The van der Waals surface area contributed by atoms with Crippen LogP contribution in [0.15, 0.2) is 12.3 Å². The van der Waals surface area contributed by atoms with E-state index in [1.165, 1.54) is 17.2 Å². The number of aromatic amines is 1. The molecule has 2 rings (SSSR count). The summed E-state index contributed by atoms with van der Waals surface area (Å²) in [5.74, 6) is -0.199. The van der Waals surface area contributed by atoms with Crippen molar-refractivity contribution in [3.05, 3.63) is 23.5 Å². The number of carbonyl (C=O) groups is 1. The minimum atomic E-state index is -0.577. The van der Waals surface area contributed by atoms with Gasteiger partial charge in [0.05, 0.1) is 11.7 Å². The smallest absolute Gasteiger partial charge is 0.255 e. The summed E-state index contributed by atoms with van der Waals surface area (Å²) in [6, 6.07) is 3.47. The van der Waals surface area contributed by atoms with Crippen LogP contribution >= 0.6 is 0 Å². The Morgan fingerprint density at radius 2 is 2.18 bits per heavy atom. The Morgan fingerprint density at radius 3 is 2.77 bits per heavy atom. The molecule has 0 radical (unpaired) electrons. The van der Waals surface area contributed by atoms with E-state index in [2.05, 4.69) is 21.8 Å². The maximum atomic E-state index is 12.2. The monoisotopic (exact) mass is 305 g/mol. The van der Waals surface area contributed by atoms with E-state index in [0.29, 0.717) is 17.8 Å². The van der Waals surface area contributed by atoms with Crippen LogP contribution in [0, 0.1) is 11.3 Å².